The van der Waals surface area contributed by atoms with Gasteiger partial charge in [0.15, 0.2) is 9.84 Å². The third-order valence-corrected chi connectivity index (χ3v) is 7.82. The smallest absolute Gasteiger partial charge is 0.251 e. The Morgan fingerprint density at radius 3 is 2.47 bits per heavy atom. The highest BCUT2D eigenvalue weighted by Gasteiger charge is 2.20. The summed E-state index contributed by atoms with van der Waals surface area (Å²) in [4.78, 5) is 13.1. The number of hydrogen-bond donors (Lipinski definition) is 1. The Morgan fingerprint density at radius 2 is 1.77 bits per heavy atom. The van der Waals surface area contributed by atoms with Crippen LogP contribution >= 0.6 is 0 Å². The zero-order valence-electron chi connectivity index (χ0n) is 17.6. The van der Waals surface area contributed by atoms with E-state index in [2.05, 4.69) is 22.9 Å². The van der Waals surface area contributed by atoms with Crippen LogP contribution in [0.3, 0.4) is 0 Å². The molecule has 0 aliphatic heterocycles. The molecule has 0 saturated heterocycles. The highest BCUT2D eigenvalue weighted by molar-refractivity contribution is 7.91. The summed E-state index contributed by atoms with van der Waals surface area (Å²) in [5, 5.41) is 4.16. The first-order valence-electron chi connectivity index (χ1n) is 10.7. The number of nitrogens with one attached hydrogen (secondary N) is 1. The molecule has 1 heterocycles. The number of carbonyl (C=O) groups excluding carboxylic acids is 1. The first kappa shape index (κ1) is 20.7. The predicted octanol–water partition coefficient (Wildman–Crippen LogP) is 4.26. The van der Waals surface area contributed by atoms with E-state index in [1.807, 2.05) is 12.1 Å². The molecule has 1 aromatic heterocycles. The topological polar surface area (TPSA) is 68.2 Å². The summed E-state index contributed by atoms with van der Waals surface area (Å²) in [5.74, 6) is -0.0365. The van der Waals surface area contributed by atoms with Gasteiger partial charge in [-0.15, -0.1) is 0 Å². The lowest BCUT2D eigenvalue weighted by Crippen LogP contribution is -2.22. The van der Waals surface area contributed by atoms with Gasteiger partial charge in [0.05, 0.1) is 10.6 Å². The van der Waals surface area contributed by atoms with Crippen LogP contribution in [0.2, 0.25) is 0 Å². The number of aryl methyl sites for hydroxylation is 2. The number of carbonyl (C=O) groups is 1. The molecule has 2 aromatic carbocycles. The van der Waals surface area contributed by atoms with Crippen molar-refractivity contribution in [1.82, 2.24) is 9.88 Å². The second-order valence-corrected chi connectivity index (χ2v) is 10.1. The molecule has 0 spiro atoms. The molecule has 1 aliphatic carbocycles. The fourth-order valence-corrected chi connectivity index (χ4v) is 5.29. The summed E-state index contributed by atoms with van der Waals surface area (Å²) in [5.41, 5.74) is 5.58. The van der Waals surface area contributed by atoms with Gasteiger partial charge < -0.3 is 9.88 Å². The van der Waals surface area contributed by atoms with Crippen molar-refractivity contribution in [2.45, 2.75) is 57.5 Å². The normalized spacial score (nSPS) is 13.9. The SMILES string of the molecule is CCn1c2c(c3cc(C(=O)NCc4ccc(S(=O)(=O)CC)cc4)ccc31)CCCC2. The molecule has 1 amide bonds. The van der Waals surface area contributed by atoms with Crippen molar-refractivity contribution >= 4 is 26.6 Å². The van der Waals surface area contributed by atoms with Gasteiger partial charge in [-0.3, -0.25) is 4.79 Å². The van der Waals surface area contributed by atoms with E-state index in [9.17, 15) is 13.2 Å². The van der Waals surface area contributed by atoms with E-state index in [0.717, 1.165) is 24.9 Å². The monoisotopic (exact) mass is 424 g/mol. The summed E-state index contributed by atoms with van der Waals surface area (Å²) >= 11 is 0. The van der Waals surface area contributed by atoms with Gasteiger partial charge in [0.2, 0.25) is 0 Å². The molecule has 0 bridgehead atoms. The summed E-state index contributed by atoms with van der Waals surface area (Å²) in [7, 11) is -3.21. The molecule has 1 aliphatic rings. The largest absolute Gasteiger partial charge is 0.348 e. The molecule has 5 nitrogen and oxygen atoms in total. The Balaban J connectivity index is 1.52. The van der Waals surface area contributed by atoms with Crippen molar-refractivity contribution in [3.63, 3.8) is 0 Å². The Labute approximate surface area is 178 Å². The van der Waals surface area contributed by atoms with E-state index in [0.29, 0.717) is 17.0 Å². The summed E-state index contributed by atoms with van der Waals surface area (Å²) < 4.78 is 26.2. The lowest BCUT2D eigenvalue weighted by molar-refractivity contribution is 0.0951. The Bertz CT molecular complexity index is 1190. The van der Waals surface area contributed by atoms with Crippen LogP contribution in [0, 0.1) is 0 Å². The second-order valence-electron chi connectivity index (χ2n) is 7.84. The van der Waals surface area contributed by atoms with E-state index in [1.54, 1.807) is 31.2 Å². The fraction of sp³-hybridized carbons (Fsp3) is 0.375. The van der Waals surface area contributed by atoms with Crippen molar-refractivity contribution in [2.24, 2.45) is 0 Å². The van der Waals surface area contributed by atoms with Crippen molar-refractivity contribution < 1.29 is 13.2 Å². The average molecular weight is 425 g/mol. The van der Waals surface area contributed by atoms with E-state index in [4.69, 9.17) is 0 Å². The Kier molecular flexibility index (Phi) is 5.69. The van der Waals surface area contributed by atoms with Crippen molar-refractivity contribution in [1.29, 1.82) is 0 Å². The molecule has 0 fully saturated rings. The summed E-state index contributed by atoms with van der Waals surface area (Å²) in [6.45, 7) is 5.11. The van der Waals surface area contributed by atoms with Crippen LogP contribution in [-0.2, 0) is 35.8 Å². The minimum atomic E-state index is -3.21. The molecule has 0 unspecified atom stereocenters. The van der Waals surface area contributed by atoms with Gasteiger partial charge in [-0.2, -0.15) is 0 Å². The fourth-order valence-electron chi connectivity index (χ4n) is 4.40. The minimum Gasteiger partial charge on any atom is -0.348 e. The average Bonchev–Trinajstić information content (AvgIpc) is 3.10. The third-order valence-electron chi connectivity index (χ3n) is 6.07. The standard InChI is InChI=1S/C24H28N2O3S/c1-3-26-22-8-6-5-7-20(22)21-15-18(11-14-23(21)26)24(27)25-16-17-9-12-19(13-10-17)30(28,29)4-2/h9-15H,3-8,16H2,1-2H3,(H,25,27). The summed E-state index contributed by atoms with van der Waals surface area (Å²) in [6.07, 6.45) is 4.63. The van der Waals surface area contributed by atoms with E-state index < -0.39 is 9.84 Å². The van der Waals surface area contributed by atoms with Crippen molar-refractivity contribution in [2.75, 3.05) is 5.75 Å². The van der Waals surface area contributed by atoms with E-state index in [-0.39, 0.29) is 11.7 Å². The van der Waals surface area contributed by atoms with Gasteiger partial charge in [0.25, 0.3) is 5.91 Å². The first-order valence-corrected chi connectivity index (χ1v) is 12.3. The van der Waals surface area contributed by atoms with Gasteiger partial charge in [0, 0.05) is 35.2 Å². The van der Waals surface area contributed by atoms with Crippen LogP contribution in [0.4, 0.5) is 0 Å². The summed E-state index contributed by atoms with van der Waals surface area (Å²) in [6, 6.07) is 12.7. The molecule has 30 heavy (non-hydrogen) atoms. The molecule has 6 heteroatoms. The zero-order chi connectivity index (χ0) is 21.3. The van der Waals surface area contributed by atoms with Crippen LogP contribution in [0.1, 0.15) is 53.9 Å². The van der Waals surface area contributed by atoms with Gasteiger partial charge in [-0.25, -0.2) is 8.42 Å². The molecule has 0 saturated carbocycles. The first-order chi connectivity index (χ1) is 14.4. The molecule has 4 rings (SSSR count). The highest BCUT2D eigenvalue weighted by atomic mass is 32.2. The maximum absolute atomic E-state index is 12.8. The Hall–Kier alpha value is -2.60. The quantitative estimate of drug-likeness (QED) is 0.643. The molecule has 158 valence electrons. The van der Waals surface area contributed by atoms with Crippen LogP contribution in [0.25, 0.3) is 10.9 Å². The maximum Gasteiger partial charge on any atom is 0.251 e. The van der Waals surface area contributed by atoms with Gasteiger partial charge in [-0.05, 0) is 74.1 Å². The zero-order valence-corrected chi connectivity index (χ0v) is 18.4. The second kappa shape index (κ2) is 8.26. The predicted molar refractivity (Wildman–Crippen MR) is 120 cm³/mol. The van der Waals surface area contributed by atoms with E-state index in [1.165, 1.54) is 35.0 Å². The molecule has 3 aromatic rings. The van der Waals surface area contributed by atoms with Crippen LogP contribution in [0.5, 0.6) is 0 Å². The van der Waals surface area contributed by atoms with Gasteiger partial charge in [0.1, 0.15) is 0 Å². The number of benzene rings is 2. The molecular formula is C24H28N2O3S. The highest BCUT2D eigenvalue weighted by Crippen LogP contribution is 2.32. The number of rotatable bonds is 6. The molecule has 0 radical (unpaired) electrons. The number of sulfone groups is 1. The maximum atomic E-state index is 12.8. The van der Waals surface area contributed by atoms with Crippen molar-refractivity contribution in [3.05, 3.63) is 64.8 Å². The van der Waals surface area contributed by atoms with Crippen LogP contribution in [0.15, 0.2) is 47.4 Å². The number of nitrogens with zero attached hydrogens (tertiary/aromatic N) is 1. The number of hydrogen-bond acceptors (Lipinski definition) is 3. The van der Waals surface area contributed by atoms with Crippen molar-refractivity contribution in [3.8, 4) is 0 Å². The molecular weight excluding hydrogens is 396 g/mol. The number of fused-ring (bicyclic) bond motifs is 3. The van der Waals surface area contributed by atoms with Crippen LogP contribution in [-0.4, -0.2) is 24.6 Å². The van der Waals surface area contributed by atoms with Gasteiger partial charge in [-0.1, -0.05) is 19.1 Å². The lowest BCUT2D eigenvalue weighted by Gasteiger charge is -2.14. The lowest BCUT2D eigenvalue weighted by atomic mass is 9.95. The van der Waals surface area contributed by atoms with Crippen LogP contribution < -0.4 is 5.32 Å². The Morgan fingerprint density at radius 1 is 1.03 bits per heavy atom. The van der Waals surface area contributed by atoms with Gasteiger partial charge >= 0.3 is 0 Å². The third kappa shape index (κ3) is 3.76. The number of amides is 1. The minimum absolute atomic E-state index is 0.0784. The molecule has 1 N–H and O–H groups in total. The number of aromatic nitrogens is 1. The molecule has 0 atom stereocenters. The van der Waals surface area contributed by atoms with E-state index >= 15 is 0 Å².